The number of rotatable bonds is 4. The Hall–Kier alpha value is -3.35. The van der Waals surface area contributed by atoms with Crippen LogP contribution in [0.1, 0.15) is 21.5 Å². The highest BCUT2D eigenvalue weighted by Gasteiger charge is 2.10. The van der Waals surface area contributed by atoms with Crippen molar-refractivity contribution in [2.75, 3.05) is 10.6 Å². The van der Waals surface area contributed by atoms with E-state index in [1.54, 1.807) is 0 Å². The Morgan fingerprint density at radius 3 is 2.38 bits per heavy atom. The van der Waals surface area contributed by atoms with Gasteiger partial charge in [-0.3, -0.25) is 4.79 Å². The summed E-state index contributed by atoms with van der Waals surface area (Å²) < 4.78 is 26.6. The molecule has 0 aliphatic heterocycles. The highest BCUT2D eigenvalue weighted by Crippen LogP contribution is 2.19. The molecule has 5 nitrogen and oxygen atoms in total. The predicted octanol–water partition coefficient (Wildman–Crippen LogP) is 4.37. The Kier molecular flexibility index (Phi) is 4.88. The number of nitrogens with zero attached hydrogens (tertiary/aromatic N) is 2. The minimum atomic E-state index is -0.759. The summed E-state index contributed by atoms with van der Waals surface area (Å²) in [5.41, 5.74) is 2.98. The van der Waals surface area contributed by atoms with Crippen molar-refractivity contribution in [3.05, 3.63) is 77.1 Å². The minimum absolute atomic E-state index is 0.0407. The molecule has 2 aromatic carbocycles. The van der Waals surface area contributed by atoms with Gasteiger partial charge in [0.05, 0.1) is 11.3 Å². The fourth-order valence-corrected chi connectivity index (χ4v) is 2.29. The molecule has 0 bridgehead atoms. The minimum Gasteiger partial charge on any atom is -0.322 e. The Balaban J connectivity index is 1.72. The van der Waals surface area contributed by atoms with E-state index in [2.05, 4.69) is 20.6 Å². The number of carbonyl (C=O) groups is 1. The number of carbonyl (C=O) groups excluding carboxylic acids is 1. The molecule has 0 saturated heterocycles. The molecule has 3 rings (SSSR count). The molecule has 7 heteroatoms. The molecule has 0 radical (unpaired) electrons. The van der Waals surface area contributed by atoms with E-state index in [1.807, 2.05) is 32.0 Å². The zero-order valence-electron chi connectivity index (χ0n) is 14.2. The van der Waals surface area contributed by atoms with E-state index >= 15 is 0 Å². The lowest BCUT2D eigenvalue weighted by Gasteiger charge is -2.10. The van der Waals surface area contributed by atoms with Gasteiger partial charge in [0, 0.05) is 24.1 Å². The summed E-state index contributed by atoms with van der Waals surface area (Å²) >= 11 is 0. The Morgan fingerprint density at radius 2 is 1.69 bits per heavy atom. The van der Waals surface area contributed by atoms with Gasteiger partial charge in [-0.25, -0.2) is 18.7 Å². The van der Waals surface area contributed by atoms with Crippen molar-refractivity contribution in [1.29, 1.82) is 0 Å². The van der Waals surface area contributed by atoms with Crippen LogP contribution in [0.15, 0.2) is 48.8 Å². The fraction of sp³-hybridized carbons (Fsp3) is 0.105. The lowest BCUT2D eigenvalue weighted by atomic mass is 10.1. The van der Waals surface area contributed by atoms with Crippen LogP contribution < -0.4 is 10.6 Å². The van der Waals surface area contributed by atoms with Gasteiger partial charge >= 0.3 is 0 Å². The van der Waals surface area contributed by atoms with Crippen LogP contribution in [-0.4, -0.2) is 15.9 Å². The molecule has 26 heavy (non-hydrogen) atoms. The number of aromatic nitrogens is 2. The first-order valence-corrected chi connectivity index (χ1v) is 7.85. The molecule has 0 spiro atoms. The highest BCUT2D eigenvalue weighted by molar-refractivity contribution is 6.04. The maximum Gasteiger partial charge on any atom is 0.258 e. The molecule has 2 N–H and O–H groups in total. The number of halogens is 2. The van der Waals surface area contributed by atoms with Gasteiger partial charge in [-0.15, -0.1) is 0 Å². The molecule has 1 aromatic heterocycles. The van der Waals surface area contributed by atoms with Crippen LogP contribution in [0.4, 0.5) is 26.1 Å². The van der Waals surface area contributed by atoms with Gasteiger partial charge in [-0.05, 0) is 43.2 Å². The van der Waals surface area contributed by atoms with Gasteiger partial charge in [-0.1, -0.05) is 12.1 Å². The number of hydrogen-bond acceptors (Lipinski definition) is 4. The lowest BCUT2D eigenvalue weighted by molar-refractivity contribution is 0.102. The van der Waals surface area contributed by atoms with E-state index in [4.69, 9.17) is 0 Å². The Bertz CT molecular complexity index is 958. The predicted molar refractivity (Wildman–Crippen MR) is 95.5 cm³/mol. The number of anilines is 3. The van der Waals surface area contributed by atoms with Gasteiger partial charge < -0.3 is 10.6 Å². The summed E-state index contributed by atoms with van der Waals surface area (Å²) in [6, 6.07) is 8.89. The van der Waals surface area contributed by atoms with E-state index in [0.29, 0.717) is 5.69 Å². The standard InChI is InChI=1S/C19H16F2N4O/c1-11-3-4-12(2)17(7-11)24-18(26)13-9-22-19(23-10-13)25-16-6-5-14(20)8-15(16)21/h3-10H,1-2H3,(H,24,26)(H,22,23,25). The number of amides is 1. The molecule has 132 valence electrons. The lowest BCUT2D eigenvalue weighted by Crippen LogP contribution is -2.14. The third kappa shape index (κ3) is 4.00. The highest BCUT2D eigenvalue weighted by atomic mass is 19.1. The Morgan fingerprint density at radius 1 is 0.962 bits per heavy atom. The summed E-state index contributed by atoms with van der Waals surface area (Å²) in [4.78, 5) is 20.3. The summed E-state index contributed by atoms with van der Waals surface area (Å²) in [5, 5.41) is 5.45. The van der Waals surface area contributed by atoms with Crippen LogP contribution in [0.3, 0.4) is 0 Å². The first kappa shape index (κ1) is 17.5. The van der Waals surface area contributed by atoms with Crippen molar-refractivity contribution in [3.8, 4) is 0 Å². The largest absolute Gasteiger partial charge is 0.322 e. The molecular formula is C19H16F2N4O. The molecule has 0 unspecified atom stereocenters. The van der Waals surface area contributed by atoms with E-state index in [9.17, 15) is 13.6 Å². The third-order valence-electron chi connectivity index (χ3n) is 3.73. The summed E-state index contributed by atoms with van der Waals surface area (Å²) in [6.45, 7) is 3.84. The monoisotopic (exact) mass is 354 g/mol. The van der Waals surface area contributed by atoms with Crippen molar-refractivity contribution in [2.45, 2.75) is 13.8 Å². The topological polar surface area (TPSA) is 66.9 Å². The first-order chi connectivity index (χ1) is 12.4. The van der Waals surface area contributed by atoms with Crippen LogP contribution >= 0.6 is 0 Å². The second kappa shape index (κ2) is 7.26. The summed E-state index contributed by atoms with van der Waals surface area (Å²) in [5.74, 6) is -1.69. The van der Waals surface area contributed by atoms with E-state index < -0.39 is 11.6 Å². The van der Waals surface area contributed by atoms with E-state index in [-0.39, 0.29) is 23.1 Å². The molecule has 0 atom stereocenters. The number of nitrogens with one attached hydrogen (secondary N) is 2. The van der Waals surface area contributed by atoms with Crippen LogP contribution in [-0.2, 0) is 0 Å². The van der Waals surface area contributed by atoms with Gasteiger partial charge in [0.1, 0.15) is 11.6 Å². The SMILES string of the molecule is Cc1ccc(C)c(NC(=O)c2cnc(Nc3ccc(F)cc3F)nc2)c1. The van der Waals surface area contributed by atoms with E-state index in [1.165, 1.54) is 18.5 Å². The number of hydrogen-bond donors (Lipinski definition) is 2. The summed E-state index contributed by atoms with van der Waals surface area (Å²) in [7, 11) is 0. The van der Waals surface area contributed by atoms with Crippen molar-refractivity contribution >= 4 is 23.2 Å². The van der Waals surface area contributed by atoms with Crippen LogP contribution in [0.5, 0.6) is 0 Å². The van der Waals surface area contributed by atoms with Crippen molar-refractivity contribution in [3.63, 3.8) is 0 Å². The molecular weight excluding hydrogens is 338 g/mol. The average molecular weight is 354 g/mol. The van der Waals surface area contributed by atoms with Crippen LogP contribution in [0.25, 0.3) is 0 Å². The van der Waals surface area contributed by atoms with Crippen molar-refractivity contribution in [1.82, 2.24) is 9.97 Å². The molecule has 0 fully saturated rings. The van der Waals surface area contributed by atoms with E-state index in [0.717, 1.165) is 23.3 Å². The number of benzene rings is 2. The van der Waals surface area contributed by atoms with Crippen LogP contribution in [0.2, 0.25) is 0 Å². The number of aryl methyl sites for hydroxylation is 2. The zero-order chi connectivity index (χ0) is 18.7. The van der Waals surface area contributed by atoms with Crippen LogP contribution in [0, 0.1) is 25.5 Å². The fourth-order valence-electron chi connectivity index (χ4n) is 2.29. The quantitative estimate of drug-likeness (QED) is 0.730. The third-order valence-corrected chi connectivity index (χ3v) is 3.73. The first-order valence-electron chi connectivity index (χ1n) is 7.85. The van der Waals surface area contributed by atoms with Gasteiger partial charge in [-0.2, -0.15) is 0 Å². The Labute approximate surface area is 149 Å². The second-order valence-electron chi connectivity index (χ2n) is 5.82. The second-order valence-corrected chi connectivity index (χ2v) is 5.82. The molecule has 1 amide bonds. The van der Waals surface area contributed by atoms with Gasteiger partial charge in [0.25, 0.3) is 5.91 Å². The maximum atomic E-state index is 13.6. The molecule has 0 saturated carbocycles. The van der Waals surface area contributed by atoms with Crippen molar-refractivity contribution in [2.24, 2.45) is 0 Å². The maximum absolute atomic E-state index is 13.6. The van der Waals surface area contributed by atoms with Gasteiger partial charge in [0.2, 0.25) is 5.95 Å². The molecule has 1 heterocycles. The molecule has 0 aliphatic carbocycles. The average Bonchev–Trinajstić information content (AvgIpc) is 2.61. The smallest absolute Gasteiger partial charge is 0.258 e. The zero-order valence-corrected chi connectivity index (χ0v) is 14.2. The normalized spacial score (nSPS) is 10.5. The summed E-state index contributed by atoms with van der Waals surface area (Å²) in [6.07, 6.45) is 2.66. The van der Waals surface area contributed by atoms with Crippen molar-refractivity contribution < 1.29 is 13.6 Å². The molecule has 3 aromatic rings. The van der Waals surface area contributed by atoms with Gasteiger partial charge in [0.15, 0.2) is 0 Å². The molecule has 0 aliphatic rings.